The minimum absolute atomic E-state index is 0.0135. The minimum Gasteiger partial charge on any atom is -0.311 e. The third-order valence-electron chi connectivity index (χ3n) is 17.1. The minimum atomic E-state index is -0.153. The third kappa shape index (κ3) is 6.66. The van der Waals surface area contributed by atoms with Gasteiger partial charge in [-0.2, -0.15) is 0 Å². The Morgan fingerprint density at radius 3 is 1.35 bits per heavy atom. The largest absolute Gasteiger partial charge is 0.311 e. The Morgan fingerprint density at radius 1 is 0.308 bits per heavy atom. The Morgan fingerprint density at radius 2 is 0.769 bits per heavy atom. The first-order valence-corrected chi connectivity index (χ1v) is 27.4. The van der Waals surface area contributed by atoms with Gasteiger partial charge in [0.15, 0.2) is 0 Å². The van der Waals surface area contributed by atoms with Crippen molar-refractivity contribution in [2.45, 2.75) is 26.2 Å². The highest BCUT2D eigenvalue weighted by Crippen LogP contribution is 2.51. The molecule has 0 radical (unpaired) electrons. The quantitative estimate of drug-likeness (QED) is 0.126. The second-order valence-corrected chi connectivity index (χ2v) is 22.4. The lowest BCUT2D eigenvalue weighted by molar-refractivity contribution is 0.590. The summed E-state index contributed by atoms with van der Waals surface area (Å²) in [7, 11) is 0. The van der Waals surface area contributed by atoms with Crippen LogP contribution in [-0.4, -0.2) is 11.3 Å². The summed E-state index contributed by atoms with van der Waals surface area (Å²) in [5.41, 5.74) is 20.4. The van der Waals surface area contributed by atoms with Crippen LogP contribution in [0.25, 0.3) is 92.8 Å². The van der Waals surface area contributed by atoms with Crippen molar-refractivity contribution in [2.75, 3.05) is 9.80 Å². The molecule has 0 spiro atoms. The number of aromatic nitrogens is 1. The summed E-state index contributed by atoms with van der Waals surface area (Å²) in [5.74, 6) is 0. The number of hydrogen-bond donors (Lipinski definition) is 0. The molecule has 2 aliphatic rings. The van der Waals surface area contributed by atoms with Gasteiger partial charge in [-0.1, -0.05) is 221 Å². The van der Waals surface area contributed by atoms with Crippen LogP contribution < -0.4 is 26.2 Å². The summed E-state index contributed by atoms with van der Waals surface area (Å²) in [6, 6.07) is 98.3. The van der Waals surface area contributed by atoms with E-state index in [-0.39, 0.29) is 12.1 Å². The topological polar surface area (TPSA) is 11.4 Å². The van der Waals surface area contributed by atoms with E-state index >= 15 is 0 Å². The molecule has 366 valence electrons. The third-order valence-corrected chi connectivity index (χ3v) is 17.1. The normalized spacial score (nSPS) is 13.0. The zero-order chi connectivity index (χ0) is 51.8. The fraction of sp³-hybridized carbons (Fsp3) is 0.0541. The molecule has 16 rings (SSSR count). The van der Waals surface area contributed by atoms with Gasteiger partial charge in [-0.25, -0.2) is 0 Å². The molecule has 3 heterocycles. The molecule has 0 unspecified atom stereocenters. The highest BCUT2D eigenvalue weighted by Gasteiger charge is 2.45. The number of fused-ring (bicyclic) bond motifs is 13. The average Bonchev–Trinajstić information content (AvgIpc) is 3.57. The Hall–Kier alpha value is -9.64. The standard InChI is InChI=1S/C74H52BN3/c1-74(2,3)55-38-35-48(36-39-55)54-44-69-73-70(45-54)78(68-30-16-22-52-34-32-50-20-8-10-24-58(50)72(52)68)66-42-40-56(76-63-27-13-11-25-59(63)60-26-12-14-28-64(60)76)46-62(66)75(73)61-43-53(47-17-5-4-6-18-47)37-41-65(61)77(69)67-29-15-21-51-33-31-49-19-7-9-23-57(49)71(51)67/h4-46H,1-3H3. The summed E-state index contributed by atoms with van der Waals surface area (Å²) in [5, 5.41) is 12.3. The molecular formula is C74H52BN3. The van der Waals surface area contributed by atoms with Crippen LogP contribution in [0.2, 0.25) is 0 Å². The van der Waals surface area contributed by atoms with Crippen LogP contribution in [0.5, 0.6) is 0 Å². The number of rotatable bonds is 5. The molecule has 0 saturated heterocycles. The molecule has 0 amide bonds. The SMILES string of the molecule is CC(C)(C)c1ccc(-c2cc3c4c(c2)N(c2cccc5ccc6ccccc6c25)c2ccc(-n5c6ccccc6c6ccccc65)cc2B4c2cc(-c4ccccc4)ccc2N3c2cccc3ccc4ccccc4c23)cc1. The second kappa shape index (κ2) is 16.9. The van der Waals surface area contributed by atoms with Gasteiger partial charge in [-0.05, 0) is 143 Å². The molecule has 3 nitrogen and oxygen atoms in total. The summed E-state index contributed by atoms with van der Waals surface area (Å²) >= 11 is 0. The van der Waals surface area contributed by atoms with Gasteiger partial charge in [0.2, 0.25) is 0 Å². The number of para-hydroxylation sites is 2. The van der Waals surface area contributed by atoms with Gasteiger partial charge in [0, 0.05) is 50.0 Å². The fourth-order valence-electron chi connectivity index (χ4n) is 13.4. The second-order valence-electron chi connectivity index (χ2n) is 22.4. The van der Waals surface area contributed by atoms with Crippen LogP contribution in [0.4, 0.5) is 34.1 Å². The Kier molecular flexibility index (Phi) is 9.69. The molecule has 78 heavy (non-hydrogen) atoms. The molecule has 1 aromatic heterocycles. The van der Waals surface area contributed by atoms with Crippen molar-refractivity contribution in [3.63, 3.8) is 0 Å². The van der Waals surface area contributed by atoms with E-state index in [1.165, 1.54) is 132 Å². The molecular weight excluding hydrogens is 942 g/mol. The van der Waals surface area contributed by atoms with Crippen molar-refractivity contribution < 1.29 is 0 Å². The lowest BCUT2D eigenvalue weighted by Gasteiger charge is -2.45. The Labute approximate surface area is 454 Å². The first-order valence-electron chi connectivity index (χ1n) is 27.4. The summed E-state index contributed by atoms with van der Waals surface area (Å²) < 4.78 is 2.49. The molecule has 14 aromatic rings. The van der Waals surface area contributed by atoms with Crippen molar-refractivity contribution >= 4 is 122 Å². The van der Waals surface area contributed by atoms with E-state index in [1.807, 2.05) is 0 Å². The van der Waals surface area contributed by atoms with Crippen LogP contribution in [-0.2, 0) is 5.41 Å². The van der Waals surface area contributed by atoms with E-state index in [9.17, 15) is 0 Å². The predicted molar refractivity (Wildman–Crippen MR) is 334 cm³/mol. The van der Waals surface area contributed by atoms with Gasteiger partial charge >= 0.3 is 0 Å². The highest BCUT2D eigenvalue weighted by molar-refractivity contribution is 7.00. The molecule has 4 heteroatoms. The van der Waals surface area contributed by atoms with E-state index in [4.69, 9.17) is 0 Å². The van der Waals surface area contributed by atoms with E-state index in [0.717, 1.165) is 17.1 Å². The lowest BCUT2D eigenvalue weighted by Crippen LogP contribution is -2.61. The van der Waals surface area contributed by atoms with Gasteiger partial charge in [-0.3, -0.25) is 0 Å². The van der Waals surface area contributed by atoms with E-state index in [1.54, 1.807) is 0 Å². The van der Waals surface area contributed by atoms with Gasteiger partial charge in [0.1, 0.15) is 0 Å². The van der Waals surface area contributed by atoms with Gasteiger partial charge in [0.25, 0.3) is 6.71 Å². The number of benzene rings is 13. The van der Waals surface area contributed by atoms with Crippen molar-refractivity contribution in [1.82, 2.24) is 4.57 Å². The van der Waals surface area contributed by atoms with Gasteiger partial charge in [0.05, 0.1) is 22.4 Å². The molecule has 2 aliphatic heterocycles. The first-order chi connectivity index (χ1) is 38.3. The number of nitrogens with zero attached hydrogens (tertiary/aromatic N) is 3. The van der Waals surface area contributed by atoms with E-state index in [2.05, 4.69) is 296 Å². The number of hydrogen-bond acceptors (Lipinski definition) is 2. The maximum absolute atomic E-state index is 2.63. The summed E-state index contributed by atoms with van der Waals surface area (Å²) in [6.45, 7) is 6.74. The van der Waals surface area contributed by atoms with Crippen molar-refractivity contribution in [3.8, 4) is 27.9 Å². The van der Waals surface area contributed by atoms with Crippen LogP contribution in [0, 0.1) is 0 Å². The molecule has 13 aromatic carbocycles. The Balaban J connectivity index is 1.07. The monoisotopic (exact) mass is 993 g/mol. The van der Waals surface area contributed by atoms with Crippen LogP contribution >= 0.6 is 0 Å². The predicted octanol–water partition coefficient (Wildman–Crippen LogP) is 18.1. The van der Waals surface area contributed by atoms with Gasteiger partial charge in [-0.15, -0.1) is 0 Å². The van der Waals surface area contributed by atoms with Crippen molar-refractivity contribution in [1.29, 1.82) is 0 Å². The molecule has 0 saturated carbocycles. The molecule has 0 aliphatic carbocycles. The maximum atomic E-state index is 2.63. The highest BCUT2D eigenvalue weighted by atomic mass is 15.2. The zero-order valence-corrected chi connectivity index (χ0v) is 43.7. The molecule has 0 atom stereocenters. The number of anilines is 6. The average molecular weight is 994 g/mol. The first kappa shape index (κ1) is 44.6. The summed E-state index contributed by atoms with van der Waals surface area (Å²) in [4.78, 5) is 5.25. The van der Waals surface area contributed by atoms with Gasteiger partial charge < -0.3 is 14.4 Å². The Bertz CT molecular complexity index is 4720. The zero-order valence-electron chi connectivity index (χ0n) is 43.7. The van der Waals surface area contributed by atoms with E-state index in [0.29, 0.717) is 0 Å². The van der Waals surface area contributed by atoms with Crippen LogP contribution in [0.1, 0.15) is 26.3 Å². The molecule has 0 fully saturated rings. The maximum Gasteiger partial charge on any atom is 0.252 e. The summed E-state index contributed by atoms with van der Waals surface area (Å²) in [6.07, 6.45) is 0. The fourth-order valence-corrected chi connectivity index (χ4v) is 13.4. The van der Waals surface area contributed by atoms with Crippen molar-refractivity contribution in [2.24, 2.45) is 0 Å². The molecule has 0 bridgehead atoms. The smallest absolute Gasteiger partial charge is 0.252 e. The van der Waals surface area contributed by atoms with Crippen LogP contribution in [0.15, 0.2) is 261 Å². The van der Waals surface area contributed by atoms with Crippen molar-refractivity contribution in [3.05, 3.63) is 266 Å². The molecule has 0 N–H and O–H groups in total. The van der Waals surface area contributed by atoms with Crippen LogP contribution in [0.3, 0.4) is 0 Å². The van der Waals surface area contributed by atoms with E-state index < -0.39 is 0 Å². The lowest BCUT2D eigenvalue weighted by atomic mass is 9.33.